The Morgan fingerprint density at radius 1 is 1.28 bits per heavy atom. The number of hydrogen-bond donors (Lipinski definition) is 2. The van der Waals surface area contributed by atoms with Gasteiger partial charge in [-0.3, -0.25) is 9.59 Å². The second-order valence-corrected chi connectivity index (χ2v) is 7.48. The van der Waals surface area contributed by atoms with Gasteiger partial charge in [0.15, 0.2) is 0 Å². The average Bonchev–Trinajstić information content (AvgIpc) is 3.22. The first-order valence-corrected chi connectivity index (χ1v) is 9.13. The van der Waals surface area contributed by atoms with Crippen LogP contribution < -0.4 is 5.32 Å². The molecule has 2 N–H and O–H groups in total. The van der Waals surface area contributed by atoms with Crippen molar-refractivity contribution < 1.29 is 9.59 Å². The lowest BCUT2D eigenvalue weighted by Gasteiger charge is -2.33. The molecule has 2 aliphatic rings. The maximum absolute atomic E-state index is 12.6. The van der Waals surface area contributed by atoms with Crippen molar-refractivity contribution in [2.24, 2.45) is 11.8 Å². The van der Waals surface area contributed by atoms with Crippen molar-refractivity contribution in [3.63, 3.8) is 0 Å². The lowest BCUT2D eigenvalue weighted by Crippen LogP contribution is -2.39. The lowest BCUT2D eigenvalue weighted by atomic mass is 9.87. The Morgan fingerprint density at radius 3 is 2.88 bits per heavy atom. The van der Waals surface area contributed by atoms with E-state index in [0.29, 0.717) is 19.0 Å². The third kappa shape index (κ3) is 3.25. The smallest absolute Gasteiger partial charge is 0.229 e. The van der Waals surface area contributed by atoms with Gasteiger partial charge in [0.1, 0.15) is 0 Å². The van der Waals surface area contributed by atoms with E-state index in [-0.39, 0.29) is 17.7 Å². The van der Waals surface area contributed by atoms with Gasteiger partial charge in [-0.15, -0.1) is 0 Å². The third-order valence-corrected chi connectivity index (χ3v) is 5.64. The quantitative estimate of drug-likeness (QED) is 0.902. The second-order valence-electron chi connectivity index (χ2n) is 7.48. The first kappa shape index (κ1) is 16.1. The number of aromatic nitrogens is 2. The number of nitrogens with one attached hydrogen (secondary N) is 2. The third-order valence-electron chi connectivity index (χ3n) is 5.64. The predicted octanol–water partition coefficient (Wildman–Crippen LogP) is 2.93. The SMILES string of the molecule is CC1CCC(N2CC(C(=O)Nc3ccc4nc[nH]c4c3)CC2=O)CC1. The number of aromatic amines is 1. The van der Waals surface area contributed by atoms with Crippen molar-refractivity contribution in [2.45, 2.75) is 45.1 Å². The van der Waals surface area contributed by atoms with E-state index in [4.69, 9.17) is 0 Å². The number of carbonyl (C=O) groups excluding carboxylic acids is 2. The summed E-state index contributed by atoms with van der Waals surface area (Å²) in [5.41, 5.74) is 2.49. The van der Waals surface area contributed by atoms with Gasteiger partial charge in [-0.25, -0.2) is 4.98 Å². The van der Waals surface area contributed by atoms with Gasteiger partial charge in [0.25, 0.3) is 0 Å². The minimum absolute atomic E-state index is 0.0705. The molecule has 0 radical (unpaired) electrons. The maximum atomic E-state index is 12.6. The first-order chi connectivity index (χ1) is 12.1. The molecule has 1 atom stereocenters. The van der Waals surface area contributed by atoms with Crippen LogP contribution in [0.4, 0.5) is 5.69 Å². The molecule has 0 spiro atoms. The summed E-state index contributed by atoms with van der Waals surface area (Å²) in [7, 11) is 0. The molecule has 2 heterocycles. The van der Waals surface area contributed by atoms with Gasteiger partial charge in [-0.2, -0.15) is 0 Å². The number of likely N-dealkylation sites (tertiary alicyclic amines) is 1. The molecule has 1 unspecified atom stereocenters. The Labute approximate surface area is 147 Å². The highest BCUT2D eigenvalue weighted by atomic mass is 16.2. The Balaban J connectivity index is 1.40. The fourth-order valence-corrected chi connectivity index (χ4v) is 4.07. The molecule has 1 aromatic heterocycles. The molecule has 6 nitrogen and oxygen atoms in total. The number of nitrogens with zero attached hydrogens (tertiary/aromatic N) is 2. The van der Waals surface area contributed by atoms with Crippen LogP contribution in [0.5, 0.6) is 0 Å². The predicted molar refractivity (Wildman–Crippen MR) is 96.0 cm³/mol. The highest BCUT2D eigenvalue weighted by molar-refractivity contribution is 5.98. The number of H-pyrrole nitrogens is 1. The summed E-state index contributed by atoms with van der Waals surface area (Å²) in [6.45, 7) is 2.82. The van der Waals surface area contributed by atoms with E-state index in [9.17, 15) is 9.59 Å². The maximum Gasteiger partial charge on any atom is 0.229 e. The zero-order valence-corrected chi connectivity index (χ0v) is 14.5. The van der Waals surface area contributed by atoms with Gasteiger partial charge < -0.3 is 15.2 Å². The summed E-state index contributed by atoms with van der Waals surface area (Å²) in [6, 6.07) is 5.91. The van der Waals surface area contributed by atoms with E-state index in [2.05, 4.69) is 22.2 Å². The first-order valence-electron chi connectivity index (χ1n) is 9.13. The van der Waals surface area contributed by atoms with Gasteiger partial charge in [0.05, 0.1) is 23.3 Å². The Morgan fingerprint density at radius 2 is 2.08 bits per heavy atom. The topological polar surface area (TPSA) is 78.1 Å². The molecule has 4 rings (SSSR count). The normalized spacial score (nSPS) is 27.0. The number of imidazole rings is 1. The van der Waals surface area contributed by atoms with E-state index in [0.717, 1.165) is 35.5 Å². The van der Waals surface area contributed by atoms with Crippen LogP contribution in [-0.2, 0) is 9.59 Å². The van der Waals surface area contributed by atoms with E-state index in [1.807, 2.05) is 23.1 Å². The number of anilines is 1. The molecule has 1 aromatic carbocycles. The molecule has 0 bridgehead atoms. The number of carbonyl (C=O) groups is 2. The van der Waals surface area contributed by atoms with Crippen LogP contribution in [0.25, 0.3) is 11.0 Å². The highest BCUT2D eigenvalue weighted by Crippen LogP contribution is 2.31. The molecule has 2 amide bonds. The van der Waals surface area contributed by atoms with E-state index < -0.39 is 0 Å². The van der Waals surface area contributed by atoms with Crippen LogP contribution in [0.1, 0.15) is 39.0 Å². The van der Waals surface area contributed by atoms with Gasteiger partial charge in [-0.1, -0.05) is 6.92 Å². The summed E-state index contributed by atoms with van der Waals surface area (Å²) in [5, 5.41) is 2.95. The molecule has 25 heavy (non-hydrogen) atoms. The molecule has 1 saturated carbocycles. The largest absolute Gasteiger partial charge is 0.345 e. The van der Waals surface area contributed by atoms with Crippen molar-refractivity contribution in [2.75, 3.05) is 11.9 Å². The summed E-state index contributed by atoms with van der Waals surface area (Å²) < 4.78 is 0. The number of benzene rings is 1. The molecule has 1 aliphatic heterocycles. The summed E-state index contributed by atoms with van der Waals surface area (Å²) in [6.07, 6.45) is 6.44. The molecule has 6 heteroatoms. The van der Waals surface area contributed by atoms with Crippen LogP contribution in [0, 0.1) is 11.8 Å². The van der Waals surface area contributed by atoms with Crippen molar-refractivity contribution >= 4 is 28.5 Å². The van der Waals surface area contributed by atoms with Crippen molar-refractivity contribution in [1.29, 1.82) is 0 Å². The zero-order valence-electron chi connectivity index (χ0n) is 14.5. The van der Waals surface area contributed by atoms with Crippen LogP contribution in [0.3, 0.4) is 0 Å². The van der Waals surface area contributed by atoms with E-state index in [1.54, 1.807) is 6.33 Å². The number of hydrogen-bond acceptors (Lipinski definition) is 3. The molecule has 2 fully saturated rings. The zero-order chi connectivity index (χ0) is 17.4. The van der Waals surface area contributed by atoms with Crippen LogP contribution >= 0.6 is 0 Å². The van der Waals surface area contributed by atoms with Crippen LogP contribution in [0.15, 0.2) is 24.5 Å². The molecular formula is C19H24N4O2. The van der Waals surface area contributed by atoms with Crippen molar-refractivity contribution in [3.05, 3.63) is 24.5 Å². The van der Waals surface area contributed by atoms with Crippen molar-refractivity contribution in [1.82, 2.24) is 14.9 Å². The van der Waals surface area contributed by atoms with Gasteiger partial charge in [0.2, 0.25) is 11.8 Å². The Kier molecular flexibility index (Phi) is 4.19. The molecule has 1 aliphatic carbocycles. The fraction of sp³-hybridized carbons (Fsp3) is 0.526. The summed E-state index contributed by atoms with van der Waals surface area (Å²) in [4.78, 5) is 34.2. The lowest BCUT2D eigenvalue weighted by molar-refractivity contribution is -0.130. The van der Waals surface area contributed by atoms with E-state index in [1.165, 1.54) is 12.8 Å². The highest BCUT2D eigenvalue weighted by Gasteiger charge is 2.38. The standard InChI is InChI=1S/C19H24N4O2/c1-12-2-5-15(6-3-12)23-10-13(8-18(23)24)19(25)22-14-4-7-16-17(9-14)21-11-20-16/h4,7,9,11-13,15H,2-3,5-6,8,10H2,1H3,(H,20,21)(H,22,25). The molecular weight excluding hydrogens is 316 g/mol. The van der Waals surface area contributed by atoms with Gasteiger partial charge in [0, 0.05) is 24.7 Å². The van der Waals surface area contributed by atoms with Gasteiger partial charge in [-0.05, 0) is 49.8 Å². The monoisotopic (exact) mass is 340 g/mol. The minimum atomic E-state index is -0.260. The van der Waals surface area contributed by atoms with Crippen LogP contribution in [0.2, 0.25) is 0 Å². The Hall–Kier alpha value is -2.37. The number of amides is 2. The summed E-state index contributed by atoms with van der Waals surface area (Å²) in [5.74, 6) is 0.553. The van der Waals surface area contributed by atoms with Gasteiger partial charge >= 0.3 is 0 Å². The molecule has 2 aromatic rings. The number of fused-ring (bicyclic) bond motifs is 1. The van der Waals surface area contributed by atoms with Crippen LogP contribution in [-0.4, -0.2) is 39.3 Å². The minimum Gasteiger partial charge on any atom is -0.345 e. The van der Waals surface area contributed by atoms with E-state index >= 15 is 0 Å². The van der Waals surface area contributed by atoms with Crippen molar-refractivity contribution in [3.8, 4) is 0 Å². The average molecular weight is 340 g/mol. The Bertz CT molecular complexity index is 792. The molecule has 132 valence electrons. The fourth-order valence-electron chi connectivity index (χ4n) is 4.07. The second kappa shape index (κ2) is 6.50. The number of rotatable bonds is 3. The molecule has 1 saturated heterocycles. The summed E-state index contributed by atoms with van der Waals surface area (Å²) >= 11 is 0.